The summed E-state index contributed by atoms with van der Waals surface area (Å²) in [7, 11) is 0. The molecule has 0 unspecified atom stereocenters. The first-order valence-corrected chi connectivity index (χ1v) is 11.7. The average molecular weight is 383 g/mol. The van der Waals surface area contributed by atoms with Crippen molar-refractivity contribution in [1.29, 1.82) is 0 Å². The molecule has 27 heavy (non-hydrogen) atoms. The van der Waals surface area contributed by atoms with Crippen LogP contribution in [-0.4, -0.2) is 12.2 Å². The monoisotopic (exact) mass is 382 g/mol. The molecule has 0 spiro atoms. The van der Waals surface area contributed by atoms with Gasteiger partial charge in [-0.15, -0.1) is 6.58 Å². The second-order valence-corrected chi connectivity index (χ2v) is 9.56. The zero-order valence-corrected chi connectivity index (χ0v) is 17.3. The molecule has 0 aromatic heterocycles. The zero-order valence-electron chi connectivity index (χ0n) is 17.3. The van der Waals surface area contributed by atoms with E-state index in [1.54, 1.807) is 0 Å². The minimum atomic E-state index is -2.88. The summed E-state index contributed by atoms with van der Waals surface area (Å²) < 4.78 is 33.7. The van der Waals surface area contributed by atoms with Gasteiger partial charge in [0, 0.05) is 0 Å². The van der Waals surface area contributed by atoms with E-state index in [9.17, 15) is 8.78 Å². The molecule has 3 rings (SSSR count). The number of unbranched alkanes of at least 4 members (excludes halogenated alkanes) is 4. The van der Waals surface area contributed by atoms with Gasteiger partial charge >= 0.3 is 6.11 Å². The number of hydrogen-bond donors (Lipinski definition) is 0. The molecule has 1 saturated heterocycles. The third kappa shape index (κ3) is 5.34. The molecule has 3 aliphatic rings. The van der Waals surface area contributed by atoms with E-state index in [0.717, 1.165) is 44.4 Å². The van der Waals surface area contributed by atoms with Crippen LogP contribution in [0.3, 0.4) is 0 Å². The van der Waals surface area contributed by atoms with Crippen molar-refractivity contribution in [3.63, 3.8) is 0 Å². The van der Waals surface area contributed by atoms with Crippen molar-refractivity contribution in [2.45, 2.75) is 109 Å². The highest BCUT2D eigenvalue weighted by atomic mass is 19.3. The summed E-state index contributed by atoms with van der Waals surface area (Å²) in [6.07, 6.45) is 15.5. The summed E-state index contributed by atoms with van der Waals surface area (Å²) in [6, 6.07) is 0. The Morgan fingerprint density at radius 1 is 0.889 bits per heavy atom. The minimum absolute atomic E-state index is 0.145. The van der Waals surface area contributed by atoms with Crippen LogP contribution in [0.2, 0.25) is 0 Å². The number of rotatable bonds is 9. The van der Waals surface area contributed by atoms with Crippen molar-refractivity contribution < 1.29 is 13.5 Å². The van der Waals surface area contributed by atoms with Gasteiger partial charge in [-0.25, -0.2) is 0 Å². The summed E-state index contributed by atoms with van der Waals surface area (Å²) >= 11 is 0. The largest absolute Gasteiger partial charge is 0.361 e. The molecular formula is C24H40F2O. The summed E-state index contributed by atoms with van der Waals surface area (Å²) in [5, 5.41) is 0. The van der Waals surface area contributed by atoms with Gasteiger partial charge in [-0.05, 0) is 62.2 Å². The van der Waals surface area contributed by atoms with Gasteiger partial charge in [0.1, 0.15) is 0 Å². The van der Waals surface area contributed by atoms with E-state index in [2.05, 4.69) is 13.5 Å². The number of ether oxygens (including phenoxy) is 1. The van der Waals surface area contributed by atoms with Crippen molar-refractivity contribution >= 4 is 0 Å². The maximum absolute atomic E-state index is 14.3. The van der Waals surface area contributed by atoms with Crippen LogP contribution in [0, 0.1) is 29.6 Å². The quantitative estimate of drug-likeness (QED) is 0.292. The molecule has 0 amide bonds. The Balaban J connectivity index is 1.43. The van der Waals surface area contributed by atoms with Crippen molar-refractivity contribution in [3.05, 3.63) is 12.7 Å². The van der Waals surface area contributed by atoms with Gasteiger partial charge in [0.05, 0.1) is 12.0 Å². The van der Waals surface area contributed by atoms with Crippen LogP contribution in [0.15, 0.2) is 12.7 Å². The van der Waals surface area contributed by atoms with Gasteiger partial charge in [0.25, 0.3) is 0 Å². The highest BCUT2D eigenvalue weighted by molar-refractivity contribution is 4.99. The lowest BCUT2D eigenvalue weighted by Crippen LogP contribution is -2.61. The lowest BCUT2D eigenvalue weighted by atomic mass is 9.66. The van der Waals surface area contributed by atoms with E-state index in [0.29, 0.717) is 11.8 Å². The van der Waals surface area contributed by atoms with Crippen molar-refractivity contribution in [2.75, 3.05) is 0 Å². The Kier molecular flexibility index (Phi) is 7.76. The van der Waals surface area contributed by atoms with E-state index in [-0.39, 0.29) is 12.0 Å². The number of alkyl halides is 2. The van der Waals surface area contributed by atoms with Gasteiger partial charge in [-0.1, -0.05) is 64.4 Å². The second-order valence-electron chi connectivity index (χ2n) is 9.56. The van der Waals surface area contributed by atoms with Crippen molar-refractivity contribution in [1.82, 2.24) is 0 Å². The second kappa shape index (κ2) is 9.85. The molecule has 2 aliphatic carbocycles. The topological polar surface area (TPSA) is 9.23 Å². The zero-order chi connectivity index (χ0) is 19.3. The maximum atomic E-state index is 14.3. The van der Waals surface area contributed by atoms with E-state index in [1.165, 1.54) is 51.4 Å². The van der Waals surface area contributed by atoms with Crippen LogP contribution in [0.4, 0.5) is 8.78 Å². The standard InChI is InChI=1S/C24H40F2O/c1-3-5-6-7-8-9-19-12-16-21(17-13-19)23-22(24(25,26)27-23)20-14-10-18(4-2)11-15-20/h4,18-23H,2-3,5-17H2,1H3/t18?,19?,20?,21?,22-,23-/m0/s1. The van der Waals surface area contributed by atoms with Gasteiger partial charge in [0.2, 0.25) is 0 Å². The maximum Gasteiger partial charge on any atom is 0.361 e. The van der Waals surface area contributed by atoms with Crippen LogP contribution in [0.5, 0.6) is 0 Å². The highest BCUT2D eigenvalue weighted by Gasteiger charge is 2.62. The first-order chi connectivity index (χ1) is 13.0. The summed E-state index contributed by atoms with van der Waals surface area (Å²) in [6.45, 7) is 6.13. The van der Waals surface area contributed by atoms with Crippen LogP contribution in [-0.2, 0) is 4.74 Å². The molecule has 1 heterocycles. The molecule has 0 aromatic rings. The number of hydrogen-bond acceptors (Lipinski definition) is 1. The van der Waals surface area contributed by atoms with E-state index < -0.39 is 12.0 Å². The molecule has 2 saturated carbocycles. The molecular weight excluding hydrogens is 342 g/mol. The molecule has 1 aliphatic heterocycles. The predicted molar refractivity (Wildman–Crippen MR) is 108 cm³/mol. The summed E-state index contributed by atoms with van der Waals surface area (Å²) in [5.41, 5.74) is 0. The fourth-order valence-electron chi connectivity index (χ4n) is 5.97. The lowest BCUT2D eigenvalue weighted by Gasteiger charge is -2.53. The molecule has 3 heteroatoms. The lowest BCUT2D eigenvalue weighted by molar-refractivity contribution is -0.418. The Morgan fingerprint density at radius 2 is 1.52 bits per heavy atom. The molecule has 0 radical (unpaired) electrons. The normalized spacial score (nSPS) is 38.9. The third-order valence-corrected chi connectivity index (χ3v) is 7.76. The Labute approximate surface area is 165 Å². The fraction of sp³-hybridized carbons (Fsp3) is 0.917. The van der Waals surface area contributed by atoms with E-state index in [1.807, 2.05) is 6.08 Å². The van der Waals surface area contributed by atoms with E-state index in [4.69, 9.17) is 4.74 Å². The van der Waals surface area contributed by atoms with Crippen LogP contribution in [0.1, 0.15) is 96.8 Å². The van der Waals surface area contributed by atoms with Crippen LogP contribution in [0.25, 0.3) is 0 Å². The molecule has 156 valence electrons. The Bertz CT molecular complexity index is 447. The highest BCUT2D eigenvalue weighted by Crippen LogP contribution is 2.55. The third-order valence-electron chi connectivity index (χ3n) is 7.76. The minimum Gasteiger partial charge on any atom is -0.316 e. The van der Waals surface area contributed by atoms with Gasteiger partial charge in [-0.3, -0.25) is 0 Å². The summed E-state index contributed by atoms with van der Waals surface area (Å²) in [5.74, 6) is 1.33. The number of allylic oxidation sites excluding steroid dienone is 1. The average Bonchev–Trinajstić information content (AvgIpc) is 2.67. The first kappa shape index (κ1) is 21.3. The Hall–Kier alpha value is -0.440. The van der Waals surface area contributed by atoms with Gasteiger partial charge in [-0.2, -0.15) is 8.78 Å². The Morgan fingerprint density at radius 3 is 2.11 bits per heavy atom. The smallest absolute Gasteiger partial charge is 0.316 e. The molecule has 3 fully saturated rings. The van der Waals surface area contributed by atoms with Crippen LogP contribution < -0.4 is 0 Å². The molecule has 0 bridgehead atoms. The van der Waals surface area contributed by atoms with Crippen molar-refractivity contribution in [3.8, 4) is 0 Å². The molecule has 0 N–H and O–H groups in total. The molecule has 2 atom stereocenters. The van der Waals surface area contributed by atoms with Gasteiger partial charge in [0.15, 0.2) is 0 Å². The molecule has 1 nitrogen and oxygen atoms in total. The van der Waals surface area contributed by atoms with Crippen LogP contribution >= 0.6 is 0 Å². The summed E-state index contributed by atoms with van der Waals surface area (Å²) in [4.78, 5) is 0. The van der Waals surface area contributed by atoms with E-state index >= 15 is 0 Å². The molecule has 0 aromatic carbocycles. The SMILES string of the molecule is C=CC1CCC([C@H]2[C@H](C3CCC(CCCCCCC)CC3)OC2(F)F)CC1. The number of halogens is 2. The van der Waals surface area contributed by atoms with Gasteiger partial charge < -0.3 is 4.74 Å². The predicted octanol–water partition coefficient (Wildman–Crippen LogP) is 7.75. The fourth-order valence-corrected chi connectivity index (χ4v) is 5.97. The first-order valence-electron chi connectivity index (χ1n) is 11.7. The van der Waals surface area contributed by atoms with Crippen molar-refractivity contribution in [2.24, 2.45) is 29.6 Å².